The summed E-state index contributed by atoms with van der Waals surface area (Å²) in [4.78, 5) is 12.0. The van der Waals surface area contributed by atoms with Gasteiger partial charge in [-0.2, -0.15) is 0 Å². The molecule has 0 aromatic heterocycles. The highest BCUT2D eigenvalue weighted by atomic mass is 32.2. The van der Waals surface area contributed by atoms with Crippen LogP contribution in [0.5, 0.6) is 0 Å². The minimum absolute atomic E-state index is 0.0119. The average Bonchev–Trinajstić information content (AvgIpc) is 2.69. The molecule has 0 amide bonds. The number of para-hydroxylation sites is 1. The minimum atomic E-state index is -4.03. The fraction of sp³-hybridized carbons (Fsp3) is 0.350. The normalized spacial score (nSPS) is 16.2. The number of nitrogens with one attached hydrogen (secondary N) is 1. The molecule has 0 unspecified atom stereocenters. The molecule has 30 heavy (non-hydrogen) atoms. The Labute approximate surface area is 177 Å². The quantitative estimate of drug-likeness (QED) is 0.699. The monoisotopic (exact) mass is 452 g/mol. The smallest absolute Gasteiger partial charge is 0.339 e. The third-order valence-electron chi connectivity index (χ3n) is 4.98. The van der Waals surface area contributed by atoms with Crippen molar-refractivity contribution in [2.75, 3.05) is 28.4 Å². The van der Waals surface area contributed by atoms with Crippen LogP contribution in [0, 0.1) is 13.8 Å². The Bertz CT molecular complexity index is 1190. The van der Waals surface area contributed by atoms with Crippen LogP contribution >= 0.6 is 0 Å². The number of hydrogen-bond donors (Lipinski definition) is 1. The zero-order valence-corrected chi connectivity index (χ0v) is 18.6. The Morgan fingerprint density at radius 3 is 2.47 bits per heavy atom. The molecule has 2 aromatic rings. The van der Waals surface area contributed by atoms with E-state index < -0.39 is 26.0 Å². The van der Waals surface area contributed by atoms with Crippen LogP contribution in [-0.2, 0) is 24.8 Å². The number of benzene rings is 2. The van der Waals surface area contributed by atoms with Crippen molar-refractivity contribution < 1.29 is 26.4 Å². The highest BCUT2D eigenvalue weighted by Gasteiger charge is 2.29. The molecule has 1 heterocycles. The molecule has 0 saturated carbocycles. The summed E-state index contributed by atoms with van der Waals surface area (Å²) in [6.45, 7) is 3.67. The molecule has 8 nitrogen and oxygen atoms in total. The van der Waals surface area contributed by atoms with Gasteiger partial charge in [0, 0.05) is 6.54 Å². The minimum Gasteiger partial charge on any atom is -0.465 e. The second-order valence-electron chi connectivity index (χ2n) is 7.14. The van der Waals surface area contributed by atoms with E-state index in [0.717, 1.165) is 6.42 Å². The molecule has 10 heteroatoms. The van der Waals surface area contributed by atoms with Gasteiger partial charge in [0.15, 0.2) is 0 Å². The lowest BCUT2D eigenvalue weighted by atomic mass is 10.1. The van der Waals surface area contributed by atoms with Crippen LogP contribution in [0.2, 0.25) is 0 Å². The number of sulfonamides is 2. The standard InChI is InChI=1S/C20H24N2O6S2/c1-14-13-19(15(2)12-18(14)22-10-6-7-11-29(22,24)25)30(26,27)21-17-9-5-4-8-16(17)20(23)28-3/h4-5,8-9,12-13,21H,6-7,10-11H2,1-3H3. The van der Waals surface area contributed by atoms with Crippen molar-refractivity contribution in [2.24, 2.45) is 0 Å². The summed E-state index contributed by atoms with van der Waals surface area (Å²) in [6, 6.07) is 9.18. The van der Waals surface area contributed by atoms with Crippen molar-refractivity contribution in [3.63, 3.8) is 0 Å². The van der Waals surface area contributed by atoms with E-state index in [2.05, 4.69) is 4.72 Å². The van der Waals surface area contributed by atoms with Crippen LogP contribution in [0.3, 0.4) is 0 Å². The molecule has 0 aliphatic carbocycles. The molecule has 1 fully saturated rings. The van der Waals surface area contributed by atoms with Gasteiger partial charge in [-0.1, -0.05) is 12.1 Å². The fourth-order valence-corrected chi connectivity index (χ4v) is 6.54. The number of aryl methyl sites for hydroxylation is 2. The van der Waals surface area contributed by atoms with Crippen LogP contribution < -0.4 is 9.03 Å². The van der Waals surface area contributed by atoms with E-state index in [0.29, 0.717) is 29.8 Å². The van der Waals surface area contributed by atoms with Gasteiger partial charge in [-0.25, -0.2) is 21.6 Å². The highest BCUT2D eigenvalue weighted by Crippen LogP contribution is 2.32. The Morgan fingerprint density at radius 2 is 1.80 bits per heavy atom. The first-order valence-corrected chi connectivity index (χ1v) is 12.5. The zero-order chi connectivity index (χ0) is 22.1. The summed E-state index contributed by atoms with van der Waals surface area (Å²) in [5.41, 5.74) is 1.62. The summed E-state index contributed by atoms with van der Waals surface area (Å²) in [5.74, 6) is -0.580. The van der Waals surface area contributed by atoms with Gasteiger partial charge in [-0.05, 0) is 62.1 Å². The molecule has 1 saturated heterocycles. The molecule has 162 valence electrons. The fourth-order valence-electron chi connectivity index (χ4n) is 3.45. The van der Waals surface area contributed by atoms with Gasteiger partial charge in [-0.3, -0.25) is 9.03 Å². The number of methoxy groups -OCH3 is 1. The van der Waals surface area contributed by atoms with E-state index in [4.69, 9.17) is 4.74 Å². The van der Waals surface area contributed by atoms with E-state index >= 15 is 0 Å². The largest absolute Gasteiger partial charge is 0.465 e. The van der Waals surface area contributed by atoms with E-state index in [1.54, 1.807) is 32.0 Å². The Kier molecular flexibility index (Phi) is 6.09. The average molecular weight is 453 g/mol. The van der Waals surface area contributed by atoms with Gasteiger partial charge in [-0.15, -0.1) is 0 Å². The van der Waals surface area contributed by atoms with Crippen molar-refractivity contribution in [3.05, 3.63) is 53.1 Å². The molecule has 1 aliphatic heterocycles. The summed E-state index contributed by atoms with van der Waals surface area (Å²) in [6.07, 6.45) is 1.37. The first-order chi connectivity index (χ1) is 14.1. The van der Waals surface area contributed by atoms with Crippen LogP contribution in [0.15, 0.2) is 41.3 Å². The van der Waals surface area contributed by atoms with Gasteiger partial charge in [0.05, 0.1) is 34.7 Å². The SMILES string of the molecule is COC(=O)c1ccccc1NS(=O)(=O)c1cc(C)c(N2CCCCS2(=O)=O)cc1C. The number of carbonyl (C=O) groups is 1. The summed E-state index contributed by atoms with van der Waals surface area (Å²) in [7, 11) is -6.23. The Morgan fingerprint density at radius 1 is 1.10 bits per heavy atom. The number of anilines is 2. The number of nitrogens with zero attached hydrogens (tertiary/aromatic N) is 1. The summed E-state index contributed by atoms with van der Waals surface area (Å²) < 4.78 is 59.5. The van der Waals surface area contributed by atoms with E-state index in [1.165, 1.54) is 29.6 Å². The van der Waals surface area contributed by atoms with Crippen molar-refractivity contribution in [3.8, 4) is 0 Å². The number of esters is 1. The number of ether oxygens (including phenoxy) is 1. The molecule has 2 aromatic carbocycles. The lowest BCUT2D eigenvalue weighted by Gasteiger charge is -2.30. The first kappa shape index (κ1) is 22.1. The van der Waals surface area contributed by atoms with Crippen molar-refractivity contribution in [1.29, 1.82) is 0 Å². The lowest BCUT2D eigenvalue weighted by molar-refractivity contribution is 0.0602. The zero-order valence-electron chi connectivity index (χ0n) is 17.0. The van der Waals surface area contributed by atoms with Gasteiger partial charge < -0.3 is 4.74 Å². The highest BCUT2D eigenvalue weighted by molar-refractivity contribution is 7.93. The van der Waals surface area contributed by atoms with Gasteiger partial charge in [0.1, 0.15) is 0 Å². The topological polar surface area (TPSA) is 110 Å². The van der Waals surface area contributed by atoms with Gasteiger partial charge >= 0.3 is 5.97 Å². The van der Waals surface area contributed by atoms with Crippen molar-refractivity contribution >= 4 is 37.4 Å². The van der Waals surface area contributed by atoms with Crippen LogP contribution in [-0.4, -0.2) is 42.2 Å². The molecular formula is C20H24N2O6S2. The van der Waals surface area contributed by atoms with Crippen molar-refractivity contribution in [1.82, 2.24) is 0 Å². The molecular weight excluding hydrogens is 428 g/mol. The maximum atomic E-state index is 13.1. The van der Waals surface area contributed by atoms with Gasteiger partial charge in [0.2, 0.25) is 10.0 Å². The predicted molar refractivity (Wildman–Crippen MR) is 115 cm³/mol. The first-order valence-electron chi connectivity index (χ1n) is 9.38. The summed E-state index contributed by atoms with van der Waals surface area (Å²) in [5, 5.41) is 0. The molecule has 1 N–H and O–H groups in total. The molecule has 0 spiro atoms. The maximum absolute atomic E-state index is 13.1. The van der Waals surface area contributed by atoms with Crippen LogP contribution in [0.25, 0.3) is 0 Å². The molecule has 0 radical (unpaired) electrons. The second kappa shape index (κ2) is 8.27. The number of rotatable bonds is 5. The summed E-state index contributed by atoms with van der Waals surface area (Å²) >= 11 is 0. The van der Waals surface area contributed by atoms with Crippen LogP contribution in [0.4, 0.5) is 11.4 Å². The van der Waals surface area contributed by atoms with E-state index in [9.17, 15) is 21.6 Å². The second-order valence-corrected chi connectivity index (χ2v) is 10.8. The molecule has 3 rings (SSSR count). The predicted octanol–water partition coefficient (Wildman–Crippen LogP) is 2.82. The maximum Gasteiger partial charge on any atom is 0.339 e. The Balaban J connectivity index is 2.01. The number of carbonyl (C=O) groups excluding carboxylic acids is 1. The third-order valence-corrected chi connectivity index (χ3v) is 8.34. The Hall–Kier alpha value is -2.59. The lowest BCUT2D eigenvalue weighted by Crippen LogP contribution is -2.38. The van der Waals surface area contributed by atoms with Crippen LogP contribution in [0.1, 0.15) is 34.3 Å². The van der Waals surface area contributed by atoms with E-state index in [1.807, 2.05) is 0 Å². The van der Waals surface area contributed by atoms with Crippen molar-refractivity contribution in [2.45, 2.75) is 31.6 Å². The van der Waals surface area contributed by atoms with Gasteiger partial charge in [0.25, 0.3) is 10.0 Å². The number of hydrogen-bond acceptors (Lipinski definition) is 6. The third kappa shape index (κ3) is 4.29. The molecule has 0 bridgehead atoms. The molecule has 0 atom stereocenters. The molecule has 1 aliphatic rings. The van der Waals surface area contributed by atoms with E-state index in [-0.39, 0.29) is 21.9 Å².